The summed E-state index contributed by atoms with van der Waals surface area (Å²) < 4.78 is 5.30. The highest BCUT2D eigenvalue weighted by atomic mass is 32.1. The van der Waals surface area contributed by atoms with Gasteiger partial charge >= 0.3 is 0 Å². The van der Waals surface area contributed by atoms with Crippen molar-refractivity contribution >= 4 is 90.9 Å². The Labute approximate surface area is 310 Å². The van der Waals surface area contributed by atoms with E-state index in [1.54, 1.807) is 0 Å². The van der Waals surface area contributed by atoms with Crippen LogP contribution < -0.4 is 4.90 Å². The van der Waals surface area contributed by atoms with Crippen LogP contribution in [0.25, 0.3) is 73.4 Å². The van der Waals surface area contributed by atoms with Crippen molar-refractivity contribution in [2.24, 2.45) is 0 Å². The molecule has 0 saturated carbocycles. The summed E-state index contributed by atoms with van der Waals surface area (Å²) in [6.07, 6.45) is 0. The molecule has 0 bridgehead atoms. The zero-order valence-electron chi connectivity index (χ0n) is 28.9. The largest absolute Gasteiger partial charge is 0.310 e. The molecule has 10 aromatic rings. The van der Waals surface area contributed by atoms with E-state index < -0.39 is 0 Å². The van der Waals surface area contributed by atoms with E-state index in [1.165, 1.54) is 90.2 Å². The Morgan fingerprint density at radius 1 is 0.423 bits per heavy atom. The molecule has 52 heavy (non-hydrogen) atoms. The summed E-state index contributed by atoms with van der Waals surface area (Å²) >= 11 is 3.76. The first kappa shape index (κ1) is 29.9. The molecule has 0 N–H and O–H groups in total. The minimum Gasteiger partial charge on any atom is -0.310 e. The monoisotopic (exact) mass is 699 g/mol. The summed E-state index contributed by atoms with van der Waals surface area (Å²) in [5.74, 6) is 0. The molecular formula is C49H33NS2. The van der Waals surface area contributed by atoms with E-state index in [4.69, 9.17) is 0 Å². The summed E-state index contributed by atoms with van der Waals surface area (Å²) in [7, 11) is 0. The third-order valence-corrected chi connectivity index (χ3v) is 13.5. The highest BCUT2D eigenvalue weighted by Crippen LogP contribution is 2.54. The molecular weight excluding hydrogens is 667 g/mol. The topological polar surface area (TPSA) is 3.24 Å². The van der Waals surface area contributed by atoms with Crippen LogP contribution in [0.15, 0.2) is 164 Å². The molecule has 0 aliphatic heterocycles. The second-order valence-corrected chi connectivity index (χ2v) is 16.6. The number of benzene rings is 8. The second kappa shape index (κ2) is 11.1. The van der Waals surface area contributed by atoms with Crippen molar-refractivity contribution < 1.29 is 0 Å². The third-order valence-electron chi connectivity index (χ3n) is 11.3. The quantitative estimate of drug-likeness (QED) is 0.177. The van der Waals surface area contributed by atoms with Crippen LogP contribution in [0.1, 0.15) is 25.0 Å². The van der Waals surface area contributed by atoms with Crippen molar-refractivity contribution in [1.82, 2.24) is 0 Å². The molecule has 1 nitrogen and oxygen atoms in total. The number of fused-ring (bicyclic) bond motifs is 11. The summed E-state index contributed by atoms with van der Waals surface area (Å²) in [6.45, 7) is 4.73. The molecule has 1 aliphatic carbocycles. The Morgan fingerprint density at radius 3 is 1.87 bits per heavy atom. The first-order valence-electron chi connectivity index (χ1n) is 17.9. The van der Waals surface area contributed by atoms with E-state index in [0.29, 0.717) is 0 Å². The van der Waals surface area contributed by atoms with E-state index in [-0.39, 0.29) is 5.41 Å². The predicted octanol–water partition coefficient (Wildman–Crippen LogP) is 15.0. The molecule has 2 aromatic heterocycles. The van der Waals surface area contributed by atoms with E-state index in [9.17, 15) is 0 Å². The summed E-state index contributed by atoms with van der Waals surface area (Å²) in [5, 5.41) is 7.92. The minimum atomic E-state index is -0.0860. The van der Waals surface area contributed by atoms with Gasteiger partial charge in [0.1, 0.15) is 0 Å². The average Bonchev–Trinajstić information content (AvgIpc) is 3.83. The fourth-order valence-electron chi connectivity index (χ4n) is 8.82. The molecule has 8 aromatic carbocycles. The Balaban J connectivity index is 1.13. The van der Waals surface area contributed by atoms with Crippen LogP contribution in [-0.2, 0) is 5.41 Å². The van der Waals surface area contributed by atoms with Gasteiger partial charge in [-0.05, 0) is 93.2 Å². The molecule has 3 heteroatoms. The molecule has 1 aliphatic rings. The van der Waals surface area contributed by atoms with Crippen LogP contribution >= 0.6 is 22.7 Å². The summed E-state index contributed by atoms with van der Waals surface area (Å²) in [4.78, 5) is 2.49. The first-order chi connectivity index (χ1) is 25.5. The van der Waals surface area contributed by atoms with Crippen molar-refractivity contribution in [3.05, 3.63) is 175 Å². The Morgan fingerprint density at radius 2 is 1.04 bits per heavy atom. The van der Waals surface area contributed by atoms with Gasteiger partial charge < -0.3 is 4.90 Å². The number of hydrogen-bond acceptors (Lipinski definition) is 3. The predicted molar refractivity (Wildman–Crippen MR) is 227 cm³/mol. The second-order valence-electron chi connectivity index (χ2n) is 14.5. The number of thiophene rings is 2. The fraction of sp³-hybridized carbons (Fsp3) is 0.0612. The molecule has 0 spiro atoms. The van der Waals surface area contributed by atoms with E-state index in [2.05, 4.69) is 183 Å². The summed E-state index contributed by atoms with van der Waals surface area (Å²) in [6, 6.07) is 61.1. The van der Waals surface area contributed by atoms with Gasteiger partial charge in [0.2, 0.25) is 0 Å². The van der Waals surface area contributed by atoms with Gasteiger partial charge in [-0.3, -0.25) is 0 Å². The Hall–Kier alpha value is -5.74. The highest BCUT2D eigenvalue weighted by Gasteiger charge is 2.37. The highest BCUT2D eigenvalue weighted by molar-refractivity contribution is 7.26. The Bertz CT molecular complexity index is 3050. The van der Waals surface area contributed by atoms with Crippen LogP contribution in [0.3, 0.4) is 0 Å². The normalized spacial score (nSPS) is 13.3. The number of anilines is 3. The lowest BCUT2D eigenvalue weighted by atomic mass is 9.82. The van der Waals surface area contributed by atoms with Gasteiger partial charge in [-0.15, -0.1) is 22.7 Å². The lowest BCUT2D eigenvalue weighted by Gasteiger charge is -2.29. The molecule has 2 heterocycles. The van der Waals surface area contributed by atoms with Gasteiger partial charge in [-0.25, -0.2) is 0 Å². The van der Waals surface area contributed by atoms with Gasteiger partial charge in [0.15, 0.2) is 0 Å². The van der Waals surface area contributed by atoms with Crippen LogP contribution in [0.5, 0.6) is 0 Å². The van der Waals surface area contributed by atoms with Crippen LogP contribution in [0.2, 0.25) is 0 Å². The molecule has 0 amide bonds. The van der Waals surface area contributed by atoms with Crippen molar-refractivity contribution in [2.75, 3.05) is 4.90 Å². The fourth-order valence-corrected chi connectivity index (χ4v) is 11.1. The number of hydrogen-bond donors (Lipinski definition) is 0. The van der Waals surface area contributed by atoms with E-state index >= 15 is 0 Å². The minimum absolute atomic E-state index is 0.0860. The molecule has 246 valence electrons. The number of nitrogens with zero attached hydrogens (tertiary/aromatic N) is 1. The standard InChI is InChI=1S/C49H33NS2/c1-49(2)40-17-8-5-15-36(40)48-41(49)18-11-19-42(48)50(32-26-27-45-39(28-32)34-13-6-9-20-43(34)51-45)31-24-22-30(23-25-31)38-29-46-47(35-14-4-3-12-33(35)38)37-16-7-10-21-44(37)52-46/h3-29H,1-2H3. The maximum Gasteiger partial charge on any atom is 0.0543 e. The zero-order valence-corrected chi connectivity index (χ0v) is 30.5. The zero-order chi connectivity index (χ0) is 34.6. The van der Waals surface area contributed by atoms with Gasteiger partial charge in [0.05, 0.1) is 5.69 Å². The third kappa shape index (κ3) is 4.27. The van der Waals surface area contributed by atoms with Crippen LogP contribution in [0.4, 0.5) is 17.1 Å². The van der Waals surface area contributed by atoms with Crippen molar-refractivity contribution in [3.63, 3.8) is 0 Å². The van der Waals surface area contributed by atoms with Crippen molar-refractivity contribution in [1.29, 1.82) is 0 Å². The SMILES string of the molecule is CC1(C)c2ccccc2-c2c(N(c3ccc(-c4cc5sc6ccccc6c5c5ccccc45)cc3)c3ccc4sc5ccccc5c4c3)cccc21. The lowest BCUT2D eigenvalue weighted by molar-refractivity contribution is 0.660. The van der Waals surface area contributed by atoms with Gasteiger partial charge in [0.25, 0.3) is 0 Å². The van der Waals surface area contributed by atoms with Crippen molar-refractivity contribution in [3.8, 4) is 22.3 Å². The molecule has 0 radical (unpaired) electrons. The average molecular weight is 700 g/mol. The smallest absolute Gasteiger partial charge is 0.0543 e. The number of rotatable bonds is 4. The van der Waals surface area contributed by atoms with Crippen LogP contribution in [0, 0.1) is 0 Å². The van der Waals surface area contributed by atoms with Gasteiger partial charge in [0, 0.05) is 62.7 Å². The first-order valence-corrected chi connectivity index (χ1v) is 19.6. The van der Waals surface area contributed by atoms with E-state index in [1.807, 2.05) is 22.7 Å². The van der Waals surface area contributed by atoms with Crippen molar-refractivity contribution in [2.45, 2.75) is 19.3 Å². The molecule has 0 atom stereocenters. The summed E-state index contributed by atoms with van der Waals surface area (Å²) in [5.41, 5.74) is 11.3. The van der Waals surface area contributed by atoms with Gasteiger partial charge in [-0.1, -0.05) is 123 Å². The molecule has 11 rings (SSSR count). The van der Waals surface area contributed by atoms with E-state index in [0.717, 1.165) is 11.4 Å². The Kier molecular flexibility index (Phi) is 6.41. The maximum atomic E-state index is 2.49. The molecule has 0 saturated heterocycles. The van der Waals surface area contributed by atoms with Crippen LogP contribution in [-0.4, -0.2) is 0 Å². The maximum absolute atomic E-state index is 2.49. The molecule has 0 unspecified atom stereocenters. The van der Waals surface area contributed by atoms with Gasteiger partial charge in [-0.2, -0.15) is 0 Å². The lowest BCUT2D eigenvalue weighted by Crippen LogP contribution is -2.16. The molecule has 0 fully saturated rings.